The summed E-state index contributed by atoms with van der Waals surface area (Å²) in [5.41, 5.74) is 4.70. The summed E-state index contributed by atoms with van der Waals surface area (Å²) in [7, 11) is 0. The van der Waals surface area contributed by atoms with E-state index in [2.05, 4.69) is 32.4 Å². The largest absolute Gasteiger partial charge is 0.444 e. The molecule has 2 heterocycles. The molecule has 0 amide bonds. The van der Waals surface area contributed by atoms with Crippen LogP contribution in [0.15, 0.2) is 47.6 Å². The van der Waals surface area contributed by atoms with Crippen molar-refractivity contribution in [1.29, 1.82) is 0 Å². The SMILES string of the molecule is c1cc(CNc2ncnc3c2CCCC3)cc(-c2cnco2)c1. The Morgan fingerprint density at radius 3 is 3.00 bits per heavy atom. The Morgan fingerprint density at radius 2 is 2.09 bits per heavy atom. The highest BCUT2D eigenvalue weighted by molar-refractivity contribution is 5.57. The number of oxazole rings is 1. The summed E-state index contributed by atoms with van der Waals surface area (Å²) in [5.74, 6) is 1.76. The number of nitrogens with one attached hydrogen (secondary N) is 1. The zero-order chi connectivity index (χ0) is 15.5. The minimum atomic E-state index is 0.728. The second kappa shape index (κ2) is 6.20. The van der Waals surface area contributed by atoms with Gasteiger partial charge in [0.1, 0.15) is 12.1 Å². The van der Waals surface area contributed by atoms with E-state index in [0.29, 0.717) is 0 Å². The van der Waals surface area contributed by atoms with E-state index >= 15 is 0 Å². The van der Waals surface area contributed by atoms with Crippen LogP contribution >= 0.6 is 0 Å². The van der Waals surface area contributed by atoms with E-state index in [4.69, 9.17) is 4.42 Å². The van der Waals surface area contributed by atoms with E-state index in [1.807, 2.05) is 12.1 Å². The van der Waals surface area contributed by atoms with Crippen LogP contribution in [0, 0.1) is 0 Å². The molecule has 0 radical (unpaired) electrons. The zero-order valence-electron chi connectivity index (χ0n) is 12.8. The first-order valence-corrected chi connectivity index (χ1v) is 7.94. The molecule has 1 aromatic carbocycles. The van der Waals surface area contributed by atoms with Crippen molar-refractivity contribution in [3.05, 3.63) is 60.0 Å². The van der Waals surface area contributed by atoms with Gasteiger partial charge in [0.15, 0.2) is 12.2 Å². The predicted molar refractivity (Wildman–Crippen MR) is 87.9 cm³/mol. The molecule has 2 aromatic heterocycles. The normalized spacial score (nSPS) is 13.6. The van der Waals surface area contributed by atoms with Crippen molar-refractivity contribution in [2.45, 2.75) is 32.2 Å². The molecule has 0 unspecified atom stereocenters. The smallest absolute Gasteiger partial charge is 0.181 e. The van der Waals surface area contributed by atoms with Crippen molar-refractivity contribution in [2.24, 2.45) is 0 Å². The van der Waals surface area contributed by atoms with Crippen LogP contribution in [0.25, 0.3) is 11.3 Å². The van der Waals surface area contributed by atoms with Gasteiger partial charge in [-0.3, -0.25) is 0 Å². The van der Waals surface area contributed by atoms with E-state index in [9.17, 15) is 0 Å². The third kappa shape index (κ3) is 2.95. The van der Waals surface area contributed by atoms with Gasteiger partial charge in [-0.05, 0) is 37.3 Å². The summed E-state index contributed by atoms with van der Waals surface area (Å²) >= 11 is 0. The van der Waals surface area contributed by atoms with Gasteiger partial charge in [0.2, 0.25) is 0 Å². The summed E-state index contributed by atoms with van der Waals surface area (Å²) in [5, 5.41) is 3.46. The topological polar surface area (TPSA) is 63.8 Å². The van der Waals surface area contributed by atoms with Gasteiger partial charge >= 0.3 is 0 Å². The molecule has 116 valence electrons. The van der Waals surface area contributed by atoms with E-state index in [1.165, 1.54) is 36.1 Å². The van der Waals surface area contributed by atoms with Gasteiger partial charge < -0.3 is 9.73 Å². The number of aryl methyl sites for hydroxylation is 1. The average molecular weight is 306 g/mol. The predicted octanol–water partition coefficient (Wildman–Crippen LogP) is 3.62. The van der Waals surface area contributed by atoms with E-state index in [1.54, 1.807) is 12.5 Å². The molecular formula is C18H18N4O. The summed E-state index contributed by atoms with van der Waals surface area (Å²) in [6.07, 6.45) is 9.42. The molecule has 0 bridgehead atoms. The first kappa shape index (κ1) is 13.9. The highest BCUT2D eigenvalue weighted by Gasteiger charge is 2.15. The van der Waals surface area contributed by atoms with E-state index in [0.717, 1.165) is 36.5 Å². The third-order valence-corrected chi connectivity index (χ3v) is 4.23. The maximum atomic E-state index is 5.36. The van der Waals surface area contributed by atoms with Gasteiger partial charge in [-0.1, -0.05) is 18.2 Å². The molecule has 0 aliphatic heterocycles. The quantitative estimate of drug-likeness (QED) is 0.797. The van der Waals surface area contributed by atoms with Crippen LogP contribution in [0.1, 0.15) is 29.7 Å². The van der Waals surface area contributed by atoms with Gasteiger partial charge in [-0.15, -0.1) is 0 Å². The molecular weight excluding hydrogens is 288 g/mol. The molecule has 1 aliphatic rings. The maximum Gasteiger partial charge on any atom is 0.181 e. The summed E-state index contributed by atoms with van der Waals surface area (Å²) in [4.78, 5) is 12.8. The first-order valence-electron chi connectivity index (χ1n) is 7.94. The number of fused-ring (bicyclic) bond motifs is 1. The van der Waals surface area contributed by atoms with Gasteiger partial charge in [0.25, 0.3) is 0 Å². The van der Waals surface area contributed by atoms with Crippen LogP contribution in [0.4, 0.5) is 5.82 Å². The van der Waals surface area contributed by atoms with Crippen LogP contribution in [0.2, 0.25) is 0 Å². The Hall–Kier alpha value is -2.69. The minimum absolute atomic E-state index is 0.728. The fourth-order valence-electron chi connectivity index (χ4n) is 3.05. The first-order chi connectivity index (χ1) is 11.4. The number of rotatable bonds is 4. The molecule has 0 spiro atoms. The Morgan fingerprint density at radius 1 is 1.13 bits per heavy atom. The number of nitrogens with zero attached hydrogens (tertiary/aromatic N) is 3. The highest BCUT2D eigenvalue weighted by atomic mass is 16.3. The van der Waals surface area contributed by atoms with Crippen molar-refractivity contribution < 1.29 is 4.42 Å². The second-order valence-corrected chi connectivity index (χ2v) is 5.77. The molecule has 4 rings (SSSR count). The standard InChI is InChI=1S/C18H18N4O/c1-2-7-16-15(6-1)18(22-11-21-16)20-9-13-4-3-5-14(8-13)17-10-19-12-23-17/h3-5,8,10-12H,1-2,6-7,9H2,(H,20,21,22). The molecule has 23 heavy (non-hydrogen) atoms. The fraction of sp³-hybridized carbons (Fsp3) is 0.278. The van der Waals surface area contributed by atoms with Gasteiger partial charge in [-0.2, -0.15) is 0 Å². The molecule has 0 saturated carbocycles. The molecule has 3 aromatic rings. The van der Waals surface area contributed by atoms with E-state index in [-0.39, 0.29) is 0 Å². The lowest BCUT2D eigenvalue weighted by Gasteiger charge is -2.18. The van der Waals surface area contributed by atoms with Gasteiger partial charge in [0, 0.05) is 23.4 Å². The van der Waals surface area contributed by atoms with Crippen LogP contribution < -0.4 is 5.32 Å². The Kier molecular flexibility index (Phi) is 3.76. The number of benzene rings is 1. The monoisotopic (exact) mass is 306 g/mol. The Balaban J connectivity index is 1.53. The van der Waals surface area contributed by atoms with Gasteiger partial charge in [-0.25, -0.2) is 15.0 Å². The van der Waals surface area contributed by atoms with Crippen molar-refractivity contribution in [1.82, 2.24) is 15.0 Å². The lowest BCUT2D eigenvalue weighted by molar-refractivity contribution is 0.572. The van der Waals surface area contributed by atoms with Gasteiger partial charge in [0.05, 0.1) is 6.20 Å². The molecule has 5 nitrogen and oxygen atoms in total. The Labute approximate surface area is 134 Å². The molecule has 1 N–H and O–H groups in total. The van der Waals surface area contributed by atoms with Crippen LogP contribution in [0.3, 0.4) is 0 Å². The number of anilines is 1. The number of hydrogen-bond acceptors (Lipinski definition) is 5. The highest BCUT2D eigenvalue weighted by Crippen LogP contribution is 2.25. The van der Waals surface area contributed by atoms with E-state index < -0.39 is 0 Å². The van der Waals surface area contributed by atoms with Crippen molar-refractivity contribution in [3.8, 4) is 11.3 Å². The third-order valence-electron chi connectivity index (χ3n) is 4.23. The second-order valence-electron chi connectivity index (χ2n) is 5.77. The molecule has 0 saturated heterocycles. The van der Waals surface area contributed by atoms with Crippen LogP contribution in [0.5, 0.6) is 0 Å². The Bertz CT molecular complexity index is 799. The molecule has 1 aliphatic carbocycles. The van der Waals surface area contributed by atoms with Crippen LogP contribution in [-0.2, 0) is 19.4 Å². The average Bonchev–Trinajstić information content (AvgIpc) is 3.15. The van der Waals surface area contributed by atoms with Crippen molar-refractivity contribution >= 4 is 5.82 Å². The minimum Gasteiger partial charge on any atom is -0.444 e. The fourth-order valence-corrected chi connectivity index (χ4v) is 3.05. The lowest BCUT2D eigenvalue weighted by atomic mass is 9.96. The van der Waals surface area contributed by atoms with Crippen LogP contribution in [-0.4, -0.2) is 15.0 Å². The summed E-state index contributed by atoms with van der Waals surface area (Å²) in [6.45, 7) is 0.728. The molecule has 0 fully saturated rings. The molecule has 5 heteroatoms. The zero-order valence-corrected chi connectivity index (χ0v) is 12.8. The number of hydrogen-bond donors (Lipinski definition) is 1. The lowest BCUT2D eigenvalue weighted by Crippen LogP contribution is -2.12. The summed E-state index contributed by atoms with van der Waals surface area (Å²) < 4.78 is 5.36. The maximum absolute atomic E-state index is 5.36. The van der Waals surface area contributed by atoms with Crippen molar-refractivity contribution in [3.63, 3.8) is 0 Å². The summed E-state index contributed by atoms with van der Waals surface area (Å²) in [6, 6.07) is 8.27. The molecule has 0 atom stereocenters. The van der Waals surface area contributed by atoms with Crippen molar-refractivity contribution in [2.75, 3.05) is 5.32 Å². The number of aromatic nitrogens is 3.